The van der Waals surface area contributed by atoms with Gasteiger partial charge >= 0.3 is 0 Å². The first-order valence-electron chi connectivity index (χ1n) is 5.18. The summed E-state index contributed by atoms with van der Waals surface area (Å²) in [4.78, 5) is 0. The van der Waals surface area contributed by atoms with Crippen LogP contribution in [0.15, 0.2) is 0 Å². The van der Waals surface area contributed by atoms with E-state index in [1.54, 1.807) is 0 Å². The van der Waals surface area contributed by atoms with E-state index < -0.39 is 9.84 Å². The molecular weight excluding hydrogens is 202 g/mol. The quantitative estimate of drug-likeness (QED) is 0.617. The molecule has 4 nitrogen and oxygen atoms in total. The van der Waals surface area contributed by atoms with Crippen LogP contribution in [0.25, 0.3) is 0 Å². The summed E-state index contributed by atoms with van der Waals surface area (Å²) in [5.41, 5.74) is 0. The fraction of sp³-hybridized carbons (Fsp3) is 1.00. The highest BCUT2D eigenvalue weighted by atomic mass is 32.2. The van der Waals surface area contributed by atoms with Crippen LogP contribution in [0.2, 0.25) is 0 Å². The maximum atomic E-state index is 11.4. The summed E-state index contributed by atoms with van der Waals surface area (Å²) >= 11 is 0. The SMILES string of the molecule is O=S1(=O)CCCC(C2CNCC2O)C1. The molecule has 2 aliphatic heterocycles. The van der Waals surface area contributed by atoms with Crippen molar-refractivity contribution >= 4 is 9.84 Å². The second-order valence-electron chi connectivity index (χ2n) is 4.41. The number of rotatable bonds is 1. The number of hydrogen-bond acceptors (Lipinski definition) is 4. The molecule has 2 aliphatic rings. The van der Waals surface area contributed by atoms with E-state index in [4.69, 9.17) is 0 Å². The number of sulfone groups is 1. The molecule has 0 amide bonds. The van der Waals surface area contributed by atoms with Gasteiger partial charge in [-0.1, -0.05) is 0 Å². The molecule has 2 fully saturated rings. The van der Waals surface area contributed by atoms with Crippen molar-refractivity contribution in [3.8, 4) is 0 Å². The molecule has 0 radical (unpaired) electrons. The molecule has 0 aromatic carbocycles. The van der Waals surface area contributed by atoms with Crippen molar-refractivity contribution in [2.45, 2.75) is 18.9 Å². The second-order valence-corrected chi connectivity index (χ2v) is 6.63. The molecule has 2 N–H and O–H groups in total. The van der Waals surface area contributed by atoms with Gasteiger partial charge in [-0.15, -0.1) is 0 Å². The Bertz CT molecular complexity index is 301. The second kappa shape index (κ2) is 3.79. The summed E-state index contributed by atoms with van der Waals surface area (Å²) in [5, 5.41) is 12.8. The molecule has 0 aliphatic carbocycles. The topological polar surface area (TPSA) is 66.4 Å². The maximum absolute atomic E-state index is 11.4. The van der Waals surface area contributed by atoms with Crippen LogP contribution in [0.1, 0.15) is 12.8 Å². The van der Waals surface area contributed by atoms with Gasteiger partial charge in [0.05, 0.1) is 17.6 Å². The van der Waals surface area contributed by atoms with Crippen LogP contribution >= 0.6 is 0 Å². The summed E-state index contributed by atoms with van der Waals surface area (Å²) < 4.78 is 22.8. The molecule has 3 unspecified atom stereocenters. The van der Waals surface area contributed by atoms with E-state index in [0.29, 0.717) is 12.3 Å². The van der Waals surface area contributed by atoms with Crippen LogP contribution in [0.4, 0.5) is 0 Å². The first kappa shape index (κ1) is 10.4. The van der Waals surface area contributed by atoms with E-state index >= 15 is 0 Å². The fourth-order valence-electron chi connectivity index (χ4n) is 2.56. The molecule has 0 aromatic heterocycles. The van der Waals surface area contributed by atoms with Crippen LogP contribution in [0.3, 0.4) is 0 Å². The smallest absolute Gasteiger partial charge is 0.150 e. The predicted molar refractivity (Wildman–Crippen MR) is 53.7 cm³/mol. The van der Waals surface area contributed by atoms with Gasteiger partial charge in [-0.2, -0.15) is 0 Å². The highest BCUT2D eigenvalue weighted by molar-refractivity contribution is 7.91. The third-order valence-electron chi connectivity index (χ3n) is 3.33. The molecular formula is C9H17NO3S. The van der Waals surface area contributed by atoms with Crippen LogP contribution < -0.4 is 5.32 Å². The summed E-state index contributed by atoms with van der Waals surface area (Å²) in [6, 6.07) is 0. The molecule has 3 atom stereocenters. The van der Waals surface area contributed by atoms with E-state index in [2.05, 4.69) is 5.32 Å². The largest absolute Gasteiger partial charge is 0.391 e. The lowest BCUT2D eigenvalue weighted by Gasteiger charge is -2.28. The molecule has 5 heteroatoms. The Balaban J connectivity index is 2.04. The van der Waals surface area contributed by atoms with Crippen molar-refractivity contribution in [2.24, 2.45) is 11.8 Å². The maximum Gasteiger partial charge on any atom is 0.150 e. The molecule has 2 heterocycles. The summed E-state index contributed by atoms with van der Waals surface area (Å²) in [6.45, 7) is 1.38. The molecule has 82 valence electrons. The first-order chi connectivity index (χ1) is 6.58. The summed E-state index contributed by atoms with van der Waals surface area (Å²) in [7, 11) is -2.83. The summed E-state index contributed by atoms with van der Waals surface area (Å²) in [5.74, 6) is 0.916. The normalized spacial score (nSPS) is 42.5. The highest BCUT2D eigenvalue weighted by Gasteiger charge is 2.36. The van der Waals surface area contributed by atoms with E-state index in [-0.39, 0.29) is 23.7 Å². The predicted octanol–water partition coefficient (Wildman–Crippen LogP) is -0.608. The van der Waals surface area contributed by atoms with Crippen molar-refractivity contribution in [3.05, 3.63) is 0 Å². The first-order valence-corrected chi connectivity index (χ1v) is 7.00. The van der Waals surface area contributed by atoms with Gasteiger partial charge in [0.2, 0.25) is 0 Å². The molecule has 14 heavy (non-hydrogen) atoms. The van der Waals surface area contributed by atoms with Crippen molar-refractivity contribution in [3.63, 3.8) is 0 Å². The number of hydrogen-bond donors (Lipinski definition) is 2. The van der Waals surface area contributed by atoms with Crippen molar-refractivity contribution in [1.82, 2.24) is 5.32 Å². The van der Waals surface area contributed by atoms with Crippen LogP contribution in [-0.2, 0) is 9.84 Å². The van der Waals surface area contributed by atoms with Gasteiger partial charge in [0.15, 0.2) is 9.84 Å². The molecule has 0 saturated carbocycles. The van der Waals surface area contributed by atoms with Crippen molar-refractivity contribution < 1.29 is 13.5 Å². The standard InChI is InChI=1S/C9H17NO3S/c11-9-5-10-4-8(9)7-2-1-3-14(12,13)6-7/h7-11H,1-6H2. The van der Waals surface area contributed by atoms with Crippen molar-refractivity contribution in [2.75, 3.05) is 24.6 Å². The van der Waals surface area contributed by atoms with Gasteiger partial charge in [0.25, 0.3) is 0 Å². The molecule has 0 aromatic rings. The monoisotopic (exact) mass is 219 g/mol. The highest BCUT2D eigenvalue weighted by Crippen LogP contribution is 2.29. The van der Waals surface area contributed by atoms with Gasteiger partial charge < -0.3 is 10.4 Å². The molecule has 0 spiro atoms. The Morgan fingerprint density at radius 1 is 1.29 bits per heavy atom. The minimum Gasteiger partial charge on any atom is -0.391 e. The zero-order chi connectivity index (χ0) is 10.2. The van der Waals surface area contributed by atoms with Gasteiger partial charge in [-0.25, -0.2) is 8.42 Å². The summed E-state index contributed by atoms with van der Waals surface area (Å²) in [6.07, 6.45) is 1.35. The average molecular weight is 219 g/mol. The number of aliphatic hydroxyl groups excluding tert-OH is 1. The lowest BCUT2D eigenvalue weighted by molar-refractivity contribution is 0.114. The van der Waals surface area contributed by atoms with Gasteiger partial charge in [0, 0.05) is 19.0 Å². The number of nitrogens with one attached hydrogen (secondary N) is 1. The number of aliphatic hydroxyl groups is 1. The van der Waals surface area contributed by atoms with Crippen LogP contribution in [-0.4, -0.2) is 44.2 Å². The van der Waals surface area contributed by atoms with E-state index in [9.17, 15) is 13.5 Å². The van der Waals surface area contributed by atoms with Gasteiger partial charge in [0.1, 0.15) is 0 Å². The Kier molecular flexibility index (Phi) is 2.81. The molecule has 2 saturated heterocycles. The van der Waals surface area contributed by atoms with Gasteiger partial charge in [-0.3, -0.25) is 0 Å². The Morgan fingerprint density at radius 3 is 2.64 bits per heavy atom. The minimum atomic E-state index is -2.83. The third-order valence-corrected chi connectivity index (χ3v) is 5.18. The minimum absolute atomic E-state index is 0.144. The Labute approximate surface area is 84.6 Å². The van der Waals surface area contributed by atoms with Crippen LogP contribution in [0, 0.1) is 11.8 Å². The zero-order valence-corrected chi connectivity index (χ0v) is 8.96. The molecule has 2 rings (SSSR count). The van der Waals surface area contributed by atoms with E-state index in [1.807, 2.05) is 0 Å². The van der Waals surface area contributed by atoms with E-state index in [1.165, 1.54) is 0 Å². The van der Waals surface area contributed by atoms with Gasteiger partial charge in [-0.05, 0) is 18.8 Å². The fourth-order valence-corrected chi connectivity index (χ4v) is 4.40. The lowest BCUT2D eigenvalue weighted by Crippen LogP contribution is -2.35. The zero-order valence-electron chi connectivity index (χ0n) is 8.15. The Hall–Kier alpha value is -0.130. The average Bonchev–Trinajstić information content (AvgIpc) is 2.49. The number of β-amino-alcohol motifs (C(OH)–C–C–N with tert-alkyl or cyclic N) is 1. The van der Waals surface area contributed by atoms with E-state index in [0.717, 1.165) is 19.4 Å². The third kappa shape index (κ3) is 2.10. The van der Waals surface area contributed by atoms with Crippen molar-refractivity contribution in [1.29, 1.82) is 0 Å². The molecule has 0 bridgehead atoms. The Morgan fingerprint density at radius 2 is 2.07 bits per heavy atom. The van der Waals surface area contributed by atoms with Crippen LogP contribution in [0.5, 0.6) is 0 Å². The lowest BCUT2D eigenvalue weighted by atomic mass is 9.87.